The fourth-order valence-electron chi connectivity index (χ4n) is 19.5. The summed E-state index contributed by atoms with van der Waals surface area (Å²) in [5.41, 5.74) is 30.8. The van der Waals surface area contributed by atoms with E-state index in [9.17, 15) is 0 Å². The first-order chi connectivity index (χ1) is 69.9. The van der Waals surface area contributed by atoms with Crippen molar-refractivity contribution in [2.75, 3.05) is 0 Å². The molecule has 20 aromatic carbocycles. The summed E-state index contributed by atoms with van der Waals surface area (Å²) < 4.78 is 0. The van der Waals surface area contributed by atoms with E-state index < -0.39 is 5.41 Å². The third-order valence-electron chi connectivity index (χ3n) is 26.2. The van der Waals surface area contributed by atoms with E-state index in [2.05, 4.69) is 413 Å². The predicted molar refractivity (Wildman–Crippen MR) is 577 cm³/mol. The van der Waals surface area contributed by atoms with Crippen LogP contribution in [0.5, 0.6) is 0 Å². The zero-order valence-electron chi connectivity index (χ0n) is 76.8. The van der Waals surface area contributed by atoms with Gasteiger partial charge in [0.2, 0.25) is 0 Å². The number of fused-ring (bicyclic) bond motifs is 5. The van der Waals surface area contributed by atoms with Crippen LogP contribution in [0.1, 0.15) is 22.3 Å². The molecule has 0 spiro atoms. The molecule has 4 heterocycles. The Morgan fingerprint density at radius 2 is 0.426 bits per heavy atom. The van der Waals surface area contributed by atoms with Gasteiger partial charge in [-0.05, 0) is 176 Å². The number of rotatable bonds is 18. The van der Waals surface area contributed by atoms with Crippen LogP contribution in [0, 0.1) is 0 Å². The Morgan fingerprint density at radius 3 is 0.922 bits per heavy atom. The van der Waals surface area contributed by atoms with Gasteiger partial charge in [0.05, 0.1) is 11.1 Å². The highest BCUT2D eigenvalue weighted by molar-refractivity contribution is 6.05. The first-order valence-electron chi connectivity index (χ1n) is 47.4. The second-order valence-corrected chi connectivity index (χ2v) is 34.8. The molecule has 0 aliphatic heterocycles. The number of pyridine rings is 1. The van der Waals surface area contributed by atoms with Gasteiger partial charge >= 0.3 is 0 Å². The van der Waals surface area contributed by atoms with E-state index in [-0.39, 0.29) is 0 Å². The molecule has 1 aliphatic carbocycles. The normalized spacial score (nSPS) is 11.6. The summed E-state index contributed by atoms with van der Waals surface area (Å²) in [6.07, 6.45) is 1.84. The first-order valence-corrected chi connectivity index (χ1v) is 47.4. The van der Waals surface area contributed by atoms with Crippen molar-refractivity contribution in [3.05, 3.63) is 556 Å². The lowest BCUT2D eigenvalue weighted by Crippen LogP contribution is -2.28. The second-order valence-electron chi connectivity index (χ2n) is 34.8. The number of benzene rings is 20. The Balaban J connectivity index is 0.000000119. The average Bonchev–Trinajstić information content (AvgIpc) is 1.54. The van der Waals surface area contributed by atoms with Crippen LogP contribution < -0.4 is 0 Å². The molecule has 0 unspecified atom stereocenters. The lowest BCUT2D eigenvalue weighted by molar-refractivity contribution is 0.769. The standard InChI is InChI=1S/C51H34N4.C43H29N3.C37H25N3/c1-5-17-35(18-6-1)48-53-49(36-19-7-2-8-20-36)55-50(54-48)40-32-38(31-39(33-40)47-27-15-16-30-52-47)37-28-29-44-43-25-13-14-26-45(43)51(46(44)34-37,41-21-9-3-10-22-41)42-23-11-4-12-24-42;1-4-15-30(16-5-1)33-21-14-22-34(29-33)41-44-42(39-26-13-10-23-35(39)31-17-6-2-7-18-31)46-43(45-41)40-28-27-36(32-19-8-3-9-20-32)37-24-11-12-25-38(37)40;1-3-13-26(14-4-1)29-19-11-20-30(25-29)35-38-36(33-23-10-9-22-31(33)27-15-5-2-6-16-27)40-37(39-35)34-24-12-18-28-17-7-8-21-32(28)34/h1-34H;1-29H;1-25H. The van der Waals surface area contributed by atoms with Crippen LogP contribution in [0.4, 0.5) is 0 Å². The number of nitrogens with zero attached hydrogens (tertiary/aromatic N) is 10. The maximum absolute atomic E-state index is 5.20. The summed E-state index contributed by atoms with van der Waals surface area (Å²) >= 11 is 0. The van der Waals surface area contributed by atoms with Crippen LogP contribution in [0.15, 0.2) is 534 Å². The summed E-state index contributed by atoms with van der Waals surface area (Å²) in [5.74, 6) is 5.72. The van der Waals surface area contributed by atoms with Crippen molar-refractivity contribution in [1.82, 2.24) is 49.8 Å². The summed E-state index contributed by atoms with van der Waals surface area (Å²) in [6.45, 7) is 0. The molecule has 10 heteroatoms. The van der Waals surface area contributed by atoms with E-state index >= 15 is 0 Å². The average molecular weight is 1800 g/mol. The Hall–Kier alpha value is -18.9. The van der Waals surface area contributed by atoms with Gasteiger partial charge in [-0.3, -0.25) is 4.98 Å². The fourth-order valence-corrected chi connectivity index (χ4v) is 19.5. The van der Waals surface area contributed by atoms with Crippen molar-refractivity contribution in [3.63, 3.8) is 0 Å². The molecule has 662 valence electrons. The summed E-state index contributed by atoms with van der Waals surface area (Å²) in [4.78, 5) is 50.7. The van der Waals surface area contributed by atoms with Gasteiger partial charge in [-0.2, -0.15) is 0 Å². The van der Waals surface area contributed by atoms with Crippen LogP contribution in [0.2, 0.25) is 0 Å². The van der Waals surface area contributed by atoms with Crippen molar-refractivity contribution in [1.29, 1.82) is 0 Å². The van der Waals surface area contributed by atoms with Gasteiger partial charge in [-0.15, -0.1) is 0 Å². The molecule has 0 amide bonds. The molecule has 0 radical (unpaired) electrons. The van der Waals surface area contributed by atoms with Crippen molar-refractivity contribution in [2.45, 2.75) is 5.41 Å². The first kappa shape index (κ1) is 86.2. The van der Waals surface area contributed by atoms with Gasteiger partial charge in [0.25, 0.3) is 0 Å². The molecule has 1 aliphatic rings. The van der Waals surface area contributed by atoms with Crippen LogP contribution in [-0.4, -0.2) is 49.8 Å². The Morgan fingerprint density at radius 1 is 0.135 bits per heavy atom. The largest absolute Gasteiger partial charge is 0.256 e. The van der Waals surface area contributed by atoms with Gasteiger partial charge in [0.1, 0.15) is 0 Å². The van der Waals surface area contributed by atoms with Gasteiger partial charge < -0.3 is 0 Å². The van der Waals surface area contributed by atoms with Crippen LogP contribution in [0.3, 0.4) is 0 Å². The number of aromatic nitrogens is 10. The summed E-state index contributed by atoms with van der Waals surface area (Å²) in [7, 11) is 0. The Labute approximate surface area is 819 Å². The minimum atomic E-state index is -0.505. The van der Waals surface area contributed by atoms with E-state index in [4.69, 9.17) is 49.8 Å². The molecule has 0 fully saturated rings. The number of hydrogen-bond donors (Lipinski definition) is 0. The van der Waals surface area contributed by atoms with Crippen molar-refractivity contribution in [3.8, 4) is 192 Å². The monoisotopic (exact) mass is 1800 g/mol. The molecule has 25 rings (SSSR count). The van der Waals surface area contributed by atoms with Crippen molar-refractivity contribution < 1.29 is 0 Å². The third kappa shape index (κ3) is 17.6. The van der Waals surface area contributed by atoms with E-state index in [1.54, 1.807) is 0 Å². The third-order valence-corrected chi connectivity index (χ3v) is 26.2. The Bertz CT molecular complexity index is 8520. The quantitative estimate of drug-likeness (QED) is 0.0819. The van der Waals surface area contributed by atoms with Crippen LogP contribution in [-0.2, 0) is 5.41 Å². The fraction of sp³-hybridized carbons (Fsp3) is 0.00763. The smallest absolute Gasteiger partial charge is 0.164 e. The van der Waals surface area contributed by atoms with Gasteiger partial charge in [-0.25, -0.2) is 44.9 Å². The van der Waals surface area contributed by atoms with E-state index in [1.807, 2.05) is 121 Å². The van der Waals surface area contributed by atoms with Gasteiger partial charge in [0.15, 0.2) is 52.4 Å². The molecule has 0 saturated carbocycles. The van der Waals surface area contributed by atoms with Gasteiger partial charge in [-0.1, -0.05) is 473 Å². The zero-order valence-corrected chi connectivity index (χ0v) is 76.8. The predicted octanol–water partition coefficient (Wildman–Crippen LogP) is 32.4. The highest BCUT2D eigenvalue weighted by Crippen LogP contribution is 2.57. The molecule has 0 saturated heterocycles. The molecule has 10 nitrogen and oxygen atoms in total. The molecular formula is C131H88N10. The zero-order chi connectivity index (χ0) is 94.0. The van der Waals surface area contributed by atoms with E-state index in [0.717, 1.165) is 139 Å². The molecule has 0 N–H and O–H groups in total. The van der Waals surface area contributed by atoms with E-state index in [1.165, 1.54) is 44.5 Å². The van der Waals surface area contributed by atoms with Crippen LogP contribution in [0.25, 0.3) is 213 Å². The molecule has 24 aromatic rings. The summed E-state index contributed by atoms with van der Waals surface area (Å²) in [5, 5.41) is 4.52. The minimum Gasteiger partial charge on any atom is -0.256 e. The van der Waals surface area contributed by atoms with Crippen molar-refractivity contribution in [2.24, 2.45) is 0 Å². The minimum absolute atomic E-state index is 0.505. The lowest BCUT2D eigenvalue weighted by atomic mass is 9.67. The molecular weight excluding hydrogens is 1710 g/mol. The second kappa shape index (κ2) is 39.2. The topological polar surface area (TPSA) is 129 Å². The molecule has 0 atom stereocenters. The van der Waals surface area contributed by atoms with E-state index in [0.29, 0.717) is 52.4 Å². The maximum Gasteiger partial charge on any atom is 0.164 e. The van der Waals surface area contributed by atoms with Crippen molar-refractivity contribution >= 4 is 21.5 Å². The van der Waals surface area contributed by atoms with Gasteiger partial charge in [0, 0.05) is 61.8 Å². The molecule has 4 aromatic heterocycles. The molecule has 141 heavy (non-hydrogen) atoms. The molecule has 0 bridgehead atoms. The highest BCUT2D eigenvalue weighted by atomic mass is 15.1. The van der Waals surface area contributed by atoms with Crippen LogP contribution >= 0.6 is 0 Å². The summed E-state index contributed by atoms with van der Waals surface area (Å²) in [6, 6.07) is 184. The highest BCUT2D eigenvalue weighted by Gasteiger charge is 2.46. The number of hydrogen-bond acceptors (Lipinski definition) is 10. The Kier molecular flexibility index (Phi) is 24.0. The lowest BCUT2D eigenvalue weighted by Gasteiger charge is -2.34. The maximum atomic E-state index is 5.20. The SMILES string of the molecule is c1ccc(-c2cccc(-c3nc(-c4ccccc4-c4ccccc4)nc(-c4ccc(-c5ccccc5)c5ccccc45)n3)c2)cc1.c1ccc(-c2cccc(-c3nc(-c4ccccc4-c4ccccc4)nc(-c4cccc5ccccc45)n3)c2)cc1.c1ccc(-c2nc(-c3ccccc3)nc(-c3cc(-c4ccc5c(c4)C(c4ccccc4)(c4ccccc4)c4ccccc4-5)cc(-c4ccccn4)c3)n2)cc1.